The maximum Gasteiger partial charge on any atom is 0.242 e. The number of hydrogen-bond acceptors (Lipinski definition) is 3. The lowest BCUT2D eigenvalue weighted by atomic mass is 10.2. The van der Waals surface area contributed by atoms with Gasteiger partial charge < -0.3 is 15.0 Å². The molecular weight excluding hydrogens is 180 g/mol. The quantitative estimate of drug-likeness (QED) is 0.644. The van der Waals surface area contributed by atoms with Gasteiger partial charge in [-0.1, -0.05) is 0 Å². The van der Waals surface area contributed by atoms with Gasteiger partial charge in [-0.05, 0) is 19.8 Å². The Labute approximate surface area is 84.6 Å². The number of morpholine rings is 1. The predicted octanol–water partition coefficient (Wildman–Crippen LogP) is -0.0143. The topological polar surface area (TPSA) is 41.6 Å². The molecule has 0 aromatic rings. The van der Waals surface area contributed by atoms with Gasteiger partial charge in [-0.3, -0.25) is 4.79 Å². The van der Waals surface area contributed by atoms with Crippen LogP contribution >= 0.6 is 0 Å². The summed E-state index contributed by atoms with van der Waals surface area (Å²) in [5.74, 6) is 0.217. The minimum atomic E-state index is -0.107. The van der Waals surface area contributed by atoms with Gasteiger partial charge in [0, 0.05) is 19.1 Å². The Balaban J connectivity index is 1.92. The highest BCUT2D eigenvalue weighted by molar-refractivity contribution is 5.82. The zero-order valence-electron chi connectivity index (χ0n) is 8.66. The van der Waals surface area contributed by atoms with Gasteiger partial charge in [-0.2, -0.15) is 0 Å². The zero-order chi connectivity index (χ0) is 9.97. The Morgan fingerprint density at radius 1 is 1.57 bits per heavy atom. The number of carbonyl (C=O) groups excluding carboxylic acids is 1. The van der Waals surface area contributed by atoms with Crippen LogP contribution in [0.3, 0.4) is 0 Å². The number of hydrogen-bond donors (Lipinski definition) is 1. The molecule has 2 unspecified atom stereocenters. The number of nitrogens with zero attached hydrogens (tertiary/aromatic N) is 1. The van der Waals surface area contributed by atoms with Crippen molar-refractivity contribution in [2.45, 2.75) is 31.8 Å². The van der Waals surface area contributed by atoms with Crippen molar-refractivity contribution in [2.75, 3.05) is 26.3 Å². The lowest BCUT2D eigenvalue weighted by Crippen LogP contribution is -2.53. The first-order valence-electron chi connectivity index (χ1n) is 5.40. The highest BCUT2D eigenvalue weighted by Crippen LogP contribution is 2.17. The SMILES string of the molecule is CC1CCCN1C(=O)C1COCCN1. The van der Waals surface area contributed by atoms with E-state index in [1.165, 1.54) is 0 Å². The molecule has 4 nitrogen and oxygen atoms in total. The molecule has 4 heteroatoms. The van der Waals surface area contributed by atoms with Crippen LogP contribution < -0.4 is 5.32 Å². The zero-order valence-corrected chi connectivity index (χ0v) is 8.66. The molecule has 0 bridgehead atoms. The van der Waals surface area contributed by atoms with E-state index >= 15 is 0 Å². The van der Waals surface area contributed by atoms with Crippen molar-refractivity contribution >= 4 is 5.91 Å². The highest BCUT2D eigenvalue weighted by Gasteiger charge is 2.31. The van der Waals surface area contributed by atoms with E-state index in [9.17, 15) is 4.79 Å². The number of likely N-dealkylation sites (tertiary alicyclic amines) is 1. The summed E-state index contributed by atoms with van der Waals surface area (Å²) in [6.45, 7) is 5.08. The summed E-state index contributed by atoms with van der Waals surface area (Å²) in [6.07, 6.45) is 2.28. The Hall–Kier alpha value is -0.610. The average molecular weight is 198 g/mol. The van der Waals surface area contributed by atoms with Crippen LogP contribution in [0.15, 0.2) is 0 Å². The van der Waals surface area contributed by atoms with E-state index in [2.05, 4.69) is 12.2 Å². The third-order valence-electron chi connectivity index (χ3n) is 3.06. The Morgan fingerprint density at radius 3 is 3.00 bits per heavy atom. The molecule has 2 aliphatic rings. The van der Waals surface area contributed by atoms with Gasteiger partial charge in [0.1, 0.15) is 6.04 Å². The van der Waals surface area contributed by atoms with Gasteiger partial charge in [0.2, 0.25) is 5.91 Å². The summed E-state index contributed by atoms with van der Waals surface area (Å²) in [6, 6.07) is 0.301. The molecule has 2 saturated heterocycles. The third kappa shape index (κ3) is 1.91. The van der Waals surface area contributed by atoms with E-state index in [4.69, 9.17) is 4.74 Å². The van der Waals surface area contributed by atoms with Crippen LogP contribution in [0.4, 0.5) is 0 Å². The Kier molecular flexibility index (Phi) is 3.03. The second-order valence-electron chi connectivity index (χ2n) is 4.10. The maximum absolute atomic E-state index is 12.0. The highest BCUT2D eigenvalue weighted by atomic mass is 16.5. The average Bonchev–Trinajstić information content (AvgIpc) is 2.65. The molecule has 1 amide bonds. The van der Waals surface area contributed by atoms with Crippen molar-refractivity contribution < 1.29 is 9.53 Å². The van der Waals surface area contributed by atoms with Crippen LogP contribution in [-0.2, 0) is 9.53 Å². The van der Waals surface area contributed by atoms with Crippen molar-refractivity contribution in [1.29, 1.82) is 0 Å². The summed E-state index contributed by atoms with van der Waals surface area (Å²) >= 11 is 0. The molecule has 2 rings (SSSR count). The number of ether oxygens (including phenoxy) is 1. The minimum Gasteiger partial charge on any atom is -0.378 e. The van der Waals surface area contributed by atoms with E-state index in [-0.39, 0.29) is 11.9 Å². The fraction of sp³-hybridized carbons (Fsp3) is 0.900. The van der Waals surface area contributed by atoms with E-state index in [1.54, 1.807) is 0 Å². The molecule has 14 heavy (non-hydrogen) atoms. The molecule has 0 aromatic carbocycles. The lowest BCUT2D eigenvalue weighted by Gasteiger charge is -2.29. The summed E-state index contributed by atoms with van der Waals surface area (Å²) in [5, 5.41) is 3.20. The van der Waals surface area contributed by atoms with Crippen LogP contribution in [-0.4, -0.2) is 49.2 Å². The van der Waals surface area contributed by atoms with Gasteiger partial charge in [0.05, 0.1) is 13.2 Å². The molecule has 2 atom stereocenters. The summed E-state index contributed by atoms with van der Waals surface area (Å²) in [4.78, 5) is 14.0. The van der Waals surface area contributed by atoms with Gasteiger partial charge in [0.25, 0.3) is 0 Å². The maximum atomic E-state index is 12.0. The standard InChI is InChI=1S/C10H18N2O2/c1-8-3-2-5-12(8)10(13)9-7-14-6-4-11-9/h8-9,11H,2-7H2,1H3. The Bertz CT molecular complexity index is 214. The van der Waals surface area contributed by atoms with Crippen LogP contribution in [0.1, 0.15) is 19.8 Å². The van der Waals surface area contributed by atoms with Crippen LogP contribution in [0.5, 0.6) is 0 Å². The molecule has 0 aromatic heterocycles. The molecular formula is C10H18N2O2. The smallest absolute Gasteiger partial charge is 0.242 e. The van der Waals surface area contributed by atoms with Crippen molar-refractivity contribution in [3.8, 4) is 0 Å². The first kappa shape index (κ1) is 9.93. The first-order chi connectivity index (χ1) is 6.79. The van der Waals surface area contributed by atoms with Crippen LogP contribution in [0, 0.1) is 0 Å². The molecule has 0 saturated carbocycles. The van der Waals surface area contributed by atoms with Gasteiger partial charge in [-0.25, -0.2) is 0 Å². The number of rotatable bonds is 1. The van der Waals surface area contributed by atoms with Gasteiger partial charge >= 0.3 is 0 Å². The molecule has 80 valence electrons. The molecule has 1 N–H and O–H groups in total. The molecule has 0 spiro atoms. The largest absolute Gasteiger partial charge is 0.378 e. The van der Waals surface area contributed by atoms with Crippen molar-refractivity contribution in [3.05, 3.63) is 0 Å². The summed E-state index contributed by atoms with van der Waals surface area (Å²) < 4.78 is 5.29. The summed E-state index contributed by atoms with van der Waals surface area (Å²) in [7, 11) is 0. The van der Waals surface area contributed by atoms with E-state index in [0.29, 0.717) is 12.6 Å². The fourth-order valence-electron chi connectivity index (χ4n) is 2.18. The molecule has 0 aliphatic carbocycles. The minimum absolute atomic E-state index is 0.107. The summed E-state index contributed by atoms with van der Waals surface area (Å²) in [5.41, 5.74) is 0. The lowest BCUT2D eigenvalue weighted by molar-refractivity contribution is -0.136. The number of amides is 1. The molecule has 2 heterocycles. The van der Waals surface area contributed by atoms with E-state index in [1.807, 2.05) is 4.90 Å². The normalized spacial score (nSPS) is 33.4. The number of carbonyl (C=O) groups is 1. The predicted molar refractivity (Wildman–Crippen MR) is 53.0 cm³/mol. The van der Waals surface area contributed by atoms with Crippen molar-refractivity contribution in [2.24, 2.45) is 0 Å². The van der Waals surface area contributed by atoms with Crippen molar-refractivity contribution in [1.82, 2.24) is 10.2 Å². The number of nitrogens with one attached hydrogen (secondary N) is 1. The monoisotopic (exact) mass is 198 g/mol. The second kappa shape index (κ2) is 4.28. The second-order valence-corrected chi connectivity index (χ2v) is 4.10. The fourth-order valence-corrected chi connectivity index (χ4v) is 2.18. The third-order valence-corrected chi connectivity index (χ3v) is 3.06. The molecule has 2 aliphatic heterocycles. The molecule has 0 radical (unpaired) electrons. The van der Waals surface area contributed by atoms with Gasteiger partial charge in [-0.15, -0.1) is 0 Å². The van der Waals surface area contributed by atoms with Gasteiger partial charge in [0.15, 0.2) is 0 Å². The van der Waals surface area contributed by atoms with Crippen LogP contribution in [0.25, 0.3) is 0 Å². The first-order valence-corrected chi connectivity index (χ1v) is 5.40. The van der Waals surface area contributed by atoms with E-state index < -0.39 is 0 Å². The Morgan fingerprint density at radius 2 is 2.43 bits per heavy atom. The van der Waals surface area contributed by atoms with Crippen LogP contribution in [0.2, 0.25) is 0 Å². The van der Waals surface area contributed by atoms with E-state index in [0.717, 1.165) is 32.5 Å². The van der Waals surface area contributed by atoms with Crippen molar-refractivity contribution in [3.63, 3.8) is 0 Å². The molecule has 2 fully saturated rings.